The van der Waals surface area contributed by atoms with Gasteiger partial charge in [-0.1, -0.05) is 0 Å². The zero-order valence-electron chi connectivity index (χ0n) is 8.18. The summed E-state index contributed by atoms with van der Waals surface area (Å²) in [6.07, 6.45) is 0. The molecule has 0 saturated heterocycles. The van der Waals surface area contributed by atoms with Crippen molar-refractivity contribution in [1.82, 2.24) is 14.3 Å². The van der Waals surface area contributed by atoms with Gasteiger partial charge in [-0.05, 0) is 6.92 Å². The highest BCUT2D eigenvalue weighted by molar-refractivity contribution is 8.13. The molecule has 0 aliphatic heterocycles. The number of rotatable bonds is 3. The second kappa shape index (κ2) is 5.16. The maximum absolute atomic E-state index is 11.3. The van der Waals surface area contributed by atoms with Gasteiger partial charge >= 0.3 is 0 Å². The van der Waals surface area contributed by atoms with Gasteiger partial charge < -0.3 is 9.64 Å². The largest absolute Gasteiger partial charge is 0.469 e. The van der Waals surface area contributed by atoms with Crippen molar-refractivity contribution in [3.63, 3.8) is 0 Å². The molecule has 1 amide bonds. The van der Waals surface area contributed by atoms with Gasteiger partial charge in [-0.25, -0.2) is 0 Å². The molecule has 0 aromatic carbocycles. The van der Waals surface area contributed by atoms with Crippen LogP contribution in [0.15, 0.2) is 5.16 Å². The van der Waals surface area contributed by atoms with E-state index in [9.17, 15) is 4.79 Å². The Morgan fingerprint density at radius 3 is 2.93 bits per heavy atom. The Bertz CT molecular complexity index is 314. The van der Waals surface area contributed by atoms with Crippen LogP contribution in [0.25, 0.3) is 0 Å². The van der Waals surface area contributed by atoms with E-state index >= 15 is 0 Å². The molecule has 0 radical (unpaired) electrons. The lowest BCUT2D eigenvalue weighted by Gasteiger charge is -2.05. The van der Waals surface area contributed by atoms with E-state index in [4.69, 9.17) is 4.74 Å². The second-order valence-electron chi connectivity index (χ2n) is 2.54. The average Bonchev–Trinajstić information content (AvgIpc) is 2.53. The van der Waals surface area contributed by atoms with Crippen molar-refractivity contribution in [2.24, 2.45) is 0 Å². The molecular formula is C7H11N3O2S2. The third-order valence-electron chi connectivity index (χ3n) is 1.20. The zero-order valence-corrected chi connectivity index (χ0v) is 9.81. The number of carbonyl (C=O) groups is 1. The van der Waals surface area contributed by atoms with Crippen molar-refractivity contribution in [3.05, 3.63) is 0 Å². The van der Waals surface area contributed by atoms with Crippen LogP contribution in [0.4, 0.5) is 4.79 Å². The number of aromatic nitrogens is 2. The number of ether oxygens (including phenoxy) is 1. The Morgan fingerprint density at radius 1 is 1.64 bits per heavy atom. The summed E-state index contributed by atoms with van der Waals surface area (Å²) in [5.74, 6) is 0. The molecule has 5 nitrogen and oxygen atoms in total. The Morgan fingerprint density at radius 2 is 2.36 bits per heavy atom. The molecule has 0 N–H and O–H groups in total. The molecule has 0 fully saturated rings. The van der Waals surface area contributed by atoms with Gasteiger partial charge in [-0.3, -0.25) is 4.79 Å². The first kappa shape index (κ1) is 11.3. The van der Waals surface area contributed by atoms with Crippen molar-refractivity contribution in [2.75, 3.05) is 20.7 Å². The molecule has 78 valence electrons. The lowest BCUT2D eigenvalue weighted by Crippen LogP contribution is -2.16. The summed E-state index contributed by atoms with van der Waals surface area (Å²) >= 11 is 2.15. The van der Waals surface area contributed by atoms with Crippen LogP contribution in [-0.2, 0) is 0 Å². The number of nitrogens with zero attached hydrogens (tertiary/aromatic N) is 3. The summed E-state index contributed by atoms with van der Waals surface area (Å²) < 4.78 is 9.11. The van der Waals surface area contributed by atoms with Crippen LogP contribution in [-0.4, -0.2) is 40.2 Å². The van der Waals surface area contributed by atoms with Crippen LogP contribution in [0.2, 0.25) is 0 Å². The molecule has 0 spiro atoms. The average molecular weight is 233 g/mol. The first-order chi connectivity index (χ1) is 6.63. The Hall–Kier alpha value is -0.820. The number of carbonyl (C=O) groups excluding carboxylic acids is 1. The van der Waals surface area contributed by atoms with E-state index < -0.39 is 0 Å². The highest BCUT2D eigenvalue weighted by Crippen LogP contribution is 2.23. The monoisotopic (exact) mass is 233 g/mol. The molecule has 1 aromatic heterocycles. The van der Waals surface area contributed by atoms with Crippen molar-refractivity contribution in [3.8, 4) is 5.19 Å². The SMILES string of the molecule is CCOc1nc(SC(=O)N(C)C)ns1. The van der Waals surface area contributed by atoms with Gasteiger partial charge in [0.2, 0.25) is 5.16 Å². The molecule has 7 heteroatoms. The minimum absolute atomic E-state index is 0.0918. The van der Waals surface area contributed by atoms with Gasteiger partial charge in [0.25, 0.3) is 10.4 Å². The van der Waals surface area contributed by atoms with Crippen molar-refractivity contribution in [1.29, 1.82) is 0 Å². The molecule has 0 unspecified atom stereocenters. The fourth-order valence-electron chi connectivity index (χ4n) is 0.590. The first-order valence-corrected chi connectivity index (χ1v) is 5.58. The van der Waals surface area contributed by atoms with E-state index in [1.165, 1.54) is 4.90 Å². The van der Waals surface area contributed by atoms with Gasteiger partial charge in [0.05, 0.1) is 6.61 Å². The fourth-order valence-corrected chi connectivity index (χ4v) is 1.87. The minimum Gasteiger partial charge on any atom is -0.469 e. The van der Waals surface area contributed by atoms with Gasteiger partial charge in [-0.15, -0.1) is 0 Å². The molecule has 0 aliphatic rings. The van der Waals surface area contributed by atoms with E-state index in [0.717, 1.165) is 23.3 Å². The lowest BCUT2D eigenvalue weighted by atomic mass is 10.9. The van der Waals surface area contributed by atoms with E-state index in [0.29, 0.717) is 17.0 Å². The smallest absolute Gasteiger partial charge is 0.293 e. The van der Waals surface area contributed by atoms with Gasteiger partial charge in [-0.2, -0.15) is 9.36 Å². The van der Waals surface area contributed by atoms with Crippen LogP contribution in [0.1, 0.15) is 6.92 Å². The summed E-state index contributed by atoms with van der Waals surface area (Å²) in [6.45, 7) is 2.43. The van der Waals surface area contributed by atoms with Crippen molar-refractivity contribution in [2.45, 2.75) is 12.1 Å². The molecule has 0 saturated carbocycles. The quantitative estimate of drug-likeness (QED) is 0.744. The topological polar surface area (TPSA) is 55.3 Å². The highest BCUT2D eigenvalue weighted by atomic mass is 32.2. The summed E-state index contributed by atoms with van der Waals surface area (Å²) in [5, 5.41) is 0.851. The maximum Gasteiger partial charge on any atom is 0.293 e. The molecule has 1 rings (SSSR count). The fraction of sp³-hybridized carbons (Fsp3) is 0.571. The van der Waals surface area contributed by atoms with Crippen molar-refractivity contribution < 1.29 is 9.53 Å². The Kier molecular flexibility index (Phi) is 4.15. The van der Waals surface area contributed by atoms with Gasteiger partial charge in [0.1, 0.15) is 0 Å². The molecule has 0 aliphatic carbocycles. The Balaban J connectivity index is 2.55. The third-order valence-corrected chi connectivity index (χ3v) is 2.85. The predicted octanol–water partition coefficient (Wildman–Crippen LogP) is 1.71. The molecule has 0 bridgehead atoms. The Labute approximate surface area is 90.6 Å². The molecule has 1 aromatic rings. The van der Waals surface area contributed by atoms with E-state index in [1.807, 2.05) is 6.92 Å². The van der Waals surface area contributed by atoms with E-state index in [1.54, 1.807) is 14.1 Å². The van der Waals surface area contributed by atoms with Crippen molar-refractivity contribution >= 4 is 28.5 Å². The van der Waals surface area contributed by atoms with Crippen LogP contribution < -0.4 is 4.74 Å². The van der Waals surface area contributed by atoms with Crippen LogP contribution >= 0.6 is 23.3 Å². The number of thioether (sulfide) groups is 1. The van der Waals surface area contributed by atoms with E-state index in [2.05, 4.69) is 9.36 Å². The van der Waals surface area contributed by atoms with Crippen LogP contribution in [0.5, 0.6) is 5.19 Å². The van der Waals surface area contributed by atoms with Gasteiger partial charge in [0.15, 0.2) is 0 Å². The predicted molar refractivity (Wildman–Crippen MR) is 56.0 cm³/mol. The summed E-state index contributed by atoms with van der Waals surface area (Å²) in [5.41, 5.74) is 0. The zero-order chi connectivity index (χ0) is 10.6. The minimum atomic E-state index is -0.0918. The summed E-state index contributed by atoms with van der Waals surface area (Å²) in [7, 11) is 3.37. The summed E-state index contributed by atoms with van der Waals surface area (Å²) in [4.78, 5) is 16.8. The van der Waals surface area contributed by atoms with Crippen LogP contribution in [0, 0.1) is 0 Å². The highest BCUT2D eigenvalue weighted by Gasteiger charge is 2.12. The number of hydrogen-bond acceptors (Lipinski definition) is 6. The van der Waals surface area contributed by atoms with E-state index in [-0.39, 0.29) is 5.24 Å². The molecule has 0 atom stereocenters. The first-order valence-electron chi connectivity index (χ1n) is 3.99. The maximum atomic E-state index is 11.3. The van der Waals surface area contributed by atoms with Gasteiger partial charge in [0, 0.05) is 37.4 Å². The normalized spacial score (nSPS) is 9.93. The van der Waals surface area contributed by atoms with Crippen LogP contribution in [0.3, 0.4) is 0 Å². The number of amides is 1. The molecule has 1 heterocycles. The molecular weight excluding hydrogens is 222 g/mol. The standard InChI is InChI=1S/C7H11N3O2S2/c1-4-12-6-8-5(9-14-6)13-7(11)10(2)3/h4H2,1-3H3. The number of hydrogen-bond donors (Lipinski definition) is 0. The summed E-state index contributed by atoms with van der Waals surface area (Å²) in [6, 6.07) is 0. The third kappa shape index (κ3) is 3.15. The lowest BCUT2D eigenvalue weighted by molar-refractivity contribution is 0.241. The molecule has 14 heavy (non-hydrogen) atoms. The second-order valence-corrected chi connectivity index (χ2v) is 4.17.